The summed E-state index contributed by atoms with van der Waals surface area (Å²) in [6.45, 7) is 7.67. The number of halogens is 1. The van der Waals surface area contributed by atoms with E-state index in [1.807, 2.05) is 56.4 Å². The normalized spacial score (nSPS) is 15.8. The number of nitrogens with zero attached hydrogens (tertiary/aromatic N) is 4. The zero-order valence-corrected chi connectivity index (χ0v) is 23.5. The molecule has 0 N–H and O–H groups in total. The summed E-state index contributed by atoms with van der Waals surface area (Å²) in [7, 11) is 0. The Morgan fingerprint density at radius 2 is 1.95 bits per heavy atom. The Balaban J connectivity index is 1.54. The van der Waals surface area contributed by atoms with Crippen LogP contribution in [0, 0.1) is 12.8 Å². The number of ether oxygens (including phenoxy) is 3. The van der Waals surface area contributed by atoms with E-state index in [2.05, 4.69) is 30.5 Å². The van der Waals surface area contributed by atoms with Crippen LogP contribution in [0.15, 0.2) is 58.3 Å². The third kappa shape index (κ3) is 6.30. The first-order valence-corrected chi connectivity index (χ1v) is 13.4. The molecule has 1 aliphatic heterocycles. The number of hydrogen-bond donors (Lipinski definition) is 0. The van der Waals surface area contributed by atoms with Crippen LogP contribution >= 0.6 is 15.9 Å². The Bertz CT molecular complexity index is 1320. The number of hydrogen-bond acceptors (Lipinski definition) is 8. The van der Waals surface area contributed by atoms with Crippen LogP contribution in [-0.4, -0.2) is 51.7 Å². The molecule has 38 heavy (non-hydrogen) atoms. The maximum atomic E-state index is 12.8. The summed E-state index contributed by atoms with van der Waals surface area (Å²) < 4.78 is 18.5. The van der Waals surface area contributed by atoms with Crippen molar-refractivity contribution in [3.8, 4) is 5.69 Å². The predicted octanol–water partition coefficient (Wildman–Crippen LogP) is 5.75. The monoisotopic (exact) mass is 582 g/mol. The maximum absolute atomic E-state index is 12.8. The van der Waals surface area contributed by atoms with E-state index in [9.17, 15) is 9.59 Å². The van der Waals surface area contributed by atoms with E-state index in [-0.39, 0.29) is 37.6 Å². The topological polar surface area (TPSA) is 105 Å². The number of carbonyl (C=O) groups excluding carboxylic acids is 2. The predicted molar refractivity (Wildman–Crippen MR) is 146 cm³/mol. The van der Waals surface area contributed by atoms with Gasteiger partial charge in [-0.3, -0.25) is 19.3 Å². The van der Waals surface area contributed by atoms with Crippen molar-refractivity contribution in [2.45, 2.75) is 52.7 Å². The molecule has 3 atom stereocenters. The van der Waals surface area contributed by atoms with Gasteiger partial charge in [0.2, 0.25) is 0 Å². The summed E-state index contributed by atoms with van der Waals surface area (Å²) in [6, 6.07) is 11.4. The summed E-state index contributed by atoms with van der Waals surface area (Å²) in [5, 5.41) is 0. The van der Waals surface area contributed by atoms with E-state index in [1.54, 1.807) is 20.0 Å². The van der Waals surface area contributed by atoms with E-state index in [0.29, 0.717) is 6.42 Å². The third-order valence-electron chi connectivity index (χ3n) is 6.38. The van der Waals surface area contributed by atoms with Gasteiger partial charge in [-0.15, -0.1) is 0 Å². The van der Waals surface area contributed by atoms with Gasteiger partial charge < -0.3 is 14.2 Å². The van der Waals surface area contributed by atoms with Crippen molar-refractivity contribution in [2.24, 2.45) is 10.9 Å². The Morgan fingerprint density at radius 3 is 2.68 bits per heavy atom. The van der Waals surface area contributed by atoms with Gasteiger partial charge in [-0.05, 0) is 57.5 Å². The fourth-order valence-corrected chi connectivity index (χ4v) is 4.57. The highest BCUT2D eigenvalue weighted by Crippen LogP contribution is 2.34. The van der Waals surface area contributed by atoms with Crippen LogP contribution in [0.1, 0.15) is 62.4 Å². The van der Waals surface area contributed by atoms with Gasteiger partial charge in [-0.1, -0.05) is 28.9 Å². The maximum Gasteiger partial charge on any atom is 0.508 e. The minimum Gasteiger partial charge on any atom is -0.462 e. The molecule has 0 saturated carbocycles. The average Bonchev–Trinajstić information content (AvgIpc) is 3.22. The molecule has 2 aromatic heterocycles. The lowest BCUT2D eigenvalue weighted by atomic mass is 10.0. The fraction of sp³-hybridized carbons (Fsp3) is 0.393. The second-order valence-corrected chi connectivity index (χ2v) is 10.1. The summed E-state index contributed by atoms with van der Waals surface area (Å²) >= 11 is 3.60. The molecular weight excluding hydrogens is 552 g/mol. The van der Waals surface area contributed by atoms with E-state index in [1.165, 1.54) is 0 Å². The van der Waals surface area contributed by atoms with Crippen LogP contribution in [0.3, 0.4) is 0 Å². The van der Waals surface area contributed by atoms with Crippen molar-refractivity contribution >= 4 is 33.8 Å². The molecule has 1 aromatic carbocycles. The highest BCUT2D eigenvalue weighted by Gasteiger charge is 2.29. The molecule has 2 unspecified atom stereocenters. The lowest BCUT2D eigenvalue weighted by molar-refractivity contribution is -0.151. The first-order chi connectivity index (χ1) is 18.3. The first kappa shape index (κ1) is 27.5. The molecule has 0 radical (unpaired) electrons. The zero-order valence-electron chi connectivity index (χ0n) is 21.9. The largest absolute Gasteiger partial charge is 0.508 e. The van der Waals surface area contributed by atoms with E-state index in [0.717, 1.165) is 38.6 Å². The number of aliphatic imine (C=N–C) groups is 1. The molecule has 1 aliphatic rings. The Kier molecular flexibility index (Phi) is 8.93. The summed E-state index contributed by atoms with van der Waals surface area (Å²) in [5.41, 5.74) is 4.33. The number of carbonyl (C=O) groups is 2. The van der Waals surface area contributed by atoms with Crippen molar-refractivity contribution in [2.75, 3.05) is 13.2 Å². The van der Waals surface area contributed by atoms with Crippen molar-refractivity contribution in [1.82, 2.24) is 14.5 Å². The standard InChI is InChI=1S/C28H31BrN4O5/c1-5-36-28(35)37-16-17(2)19(4)38-25(34)12-10-23-27-31-15-18(3)33(27)24-11-9-20(29)14-21(24)26(32-23)22-8-6-7-13-30-22/h6-9,11,13-15,17,19,23H,5,10,12,16H2,1-4H3/t17?,19?,23-/m0/s1. The second kappa shape index (κ2) is 12.3. The average molecular weight is 583 g/mol. The minimum absolute atomic E-state index is 0.0954. The third-order valence-corrected chi connectivity index (χ3v) is 6.87. The van der Waals surface area contributed by atoms with Crippen LogP contribution in [0.4, 0.5) is 4.79 Å². The number of pyridine rings is 1. The fourth-order valence-electron chi connectivity index (χ4n) is 4.21. The molecule has 0 spiro atoms. The lowest BCUT2D eigenvalue weighted by Crippen LogP contribution is -2.27. The van der Waals surface area contributed by atoms with Crippen LogP contribution in [0.5, 0.6) is 0 Å². The van der Waals surface area contributed by atoms with Gasteiger partial charge >= 0.3 is 12.1 Å². The number of esters is 1. The van der Waals surface area contributed by atoms with Crippen LogP contribution in [0.2, 0.25) is 0 Å². The molecule has 0 aliphatic carbocycles. The summed E-state index contributed by atoms with van der Waals surface area (Å²) in [5.74, 6) is 0.216. The van der Waals surface area contributed by atoms with Gasteiger partial charge in [0.15, 0.2) is 0 Å². The highest BCUT2D eigenvalue weighted by atomic mass is 79.9. The van der Waals surface area contributed by atoms with E-state index < -0.39 is 12.3 Å². The molecule has 4 rings (SSSR count). The van der Waals surface area contributed by atoms with Gasteiger partial charge in [0.05, 0.1) is 23.7 Å². The van der Waals surface area contributed by atoms with Crippen molar-refractivity contribution in [3.63, 3.8) is 0 Å². The number of aromatic nitrogens is 3. The summed E-state index contributed by atoms with van der Waals surface area (Å²) in [4.78, 5) is 38.6. The number of imidazole rings is 1. The van der Waals surface area contributed by atoms with Gasteiger partial charge in [-0.25, -0.2) is 9.78 Å². The molecule has 10 heteroatoms. The van der Waals surface area contributed by atoms with Crippen LogP contribution in [0.25, 0.3) is 5.69 Å². The number of benzene rings is 1. The Labute approximate surface area is 230 Å². The SMILES string of the molecule is CCOC(=O)OCC(C)C(C)OC(=O)CC[C@@H]1N=C(c2ccccn2)c2cc(Br)ccc2-n2c(C)cnc21. The Morgan fingerprint density at radius 1 is 1.13 bits per heavy atom. The molecule has 200 valence electrons. The van der Waals surface area contributed by atoms with Crippen molar-refractivity contribution in [3.05, 3.63) is 76.0 Å². The van der Waals surface area contributed by atoms with Gasteiger partial charge in [0.1, 0.15) is 24.6 Å². The lowest BCUT2D eigenvalue weighted by Gasteiger charge is -2.20. The van der Waals surface area contributed by atoms with Crippen molar-refractivity contribution in [1.29, 1.82) is 0 Å². The van der Waals surface area contributed by atoms with E-state index >= 15 is 0 Å². The van der Waals surface area contributed by atoms with Crippen LogP contribution in [-0.2, 0) is 19.0 Å². The number of rotatable bonds is 9. The summed E-state index contributed by atoms with van der Waals surface area (Å²) in [6.07, 6.45) is 2.94. The second-order valence-electron chi connectivity index (χ2n) is 9.17. The molecule has 0 bridgehead atoms. The van der Waals surface area contributed by atoms with Gasteiger partial charge in [0, 0.05) is 40.5 Å². The molecule has 0 fully saturated rings. The van der Waals surface area contributed by atoms with E-state index in [4.69, 9.17) is 19.2 Å². The number of aryl methyl sites for hydroxylation is 1. The van der Waals surface area contributed by atoms with Crippen molar-refractivity contribution < 1.29 is 23.8 Å². The zero-order chi connectivity index (χ0) is 27.2. The van der Waals surface area contributed by atoms with Gasteiger partial charge in [-0.2, -0.15) is 0 Å². The quantitative estimate of drug-likeness (QED) is 0.296. The molecular formula is C28H31BrN4O5. The molecule has 3 heterocycles. The van der Waals surface area contributed by atoms with Crippen LogP contribution < -0.4 is 0 Å². The molecule has 3 aromatic rings. The molecule has 0 amide bonds. The molecule has 9 nitrogen and oxygen atoms in total. The first-order valence-electron chi connectivity index (χ1n) is 12.6. The number of fused-ring (bicyclic) bond motifs is 3. The van der Waals surface area contributed by atoms with Gasteiger partial charge in [0.25, 0.3) is 0 Å². The molecule has 0 saturated heterocycles. The highest BCUT2D eigenvalue weighted by molar-refractivity contribution is 9.10. The minimum atomic E-state index is -0.730. The Hall–Kier alpha value is -3.53. The smallest absolute Gasteiger partial charge is 0.462 e.